The van der Waals surface area contributed by atoms with Gasteiger partial charge in [0.2, 0.25) is 0 Å². The van der Waals surface area contributed by atoms with Gasteiger partial charge in [0, 0.05) is 23.8 Å². The zero-order chi connectivity index (χ0) is 13.7. The molecule has 1 unspecified atom stereocenters. The third-order valence-electron chi connectivity index (χ3n) is 3.69. The van der Waals surface area contributed by atoms with Gasteiger partial charge in [-0.1, -0.05) is 24.6 Å². The van der Waals surface area contributed by atoms with Crippen LogP contribution in [-0.2, 0) is 6.54 Å². The monoisotopic (exact) mass is 282 g/mol. The molecule has 1 heterocycles. The fraction of sp³-hybridized carbons (Fsp3) is 0.600. The summed E-state index contributed by atoms with van der Waals surface area (Å²) in [6.07, 6.45) is 3.33. The van der Waals surface area contributed by atoms with Gasteiger partial charge in [0.25, 0.3) is 0 Å². The Morgan fingerprint density at radius 2 is 2.32 bits per heavy atom. The van der Waals surface area contributed by atoms with E-state index in [1.165, 1.54) is 11.3 Å². The van der Waals surface area contributed by atoms with Crippen LogP contribution in [0, 0.1) is 0 Å². The van der Waals surface area contributed by atoms with E-state index >= 15 is 0 Å². The molecule has 1 fully saturated rings. The molecule has 106 valence electrons. The van der Waals surface area contributed by atoms with E-state index in [4.69, 9.17) is 11.6 Å². The highest BCUT2D eigenvalue weighted by Gasteiger charge is 2.25. The van der Waals surface area contributed by atoms with Crippen LogP contribution in [-0.4, -0.2) is 30.8 Å². The number of nitrogens with zero attached hydrogens (tertiary/aromatic N) is 1. The molecule has 0 spiro atoms. The van der Waals surface area contributed by atoms with E-state index in [0.717, 1.165) is 43.9 Å². The molecule has 0 amide bonds. The third kappa shape index (κ3) is 3.62. The Balaban J connectivity index is 2.18. The largest absolute Gasteiger partial charge is 0.394 e. The number of benzene rings is 1. The maximum Gasteiger partial charge on any atom is 0.0635 e. The van der Waals surface area contributed by atoms with Gasteiger partial charge in [-0.05, 0) is 43.5 Å². The minimum atomic E-state index is 0.217. The van der Waals surface area contributed by atoms with E-state index in [0.29, 0.717) is 0 Å². The molecule has 1 aliphatic heterocycles. The number of halogens is 1. The first-order valence-corrected chi connectivity index (χ1v) is 7.50. The highest BCUT2D eigenvalue weighted by molar-refractivity contribution is 6.30. The van der Waals surface area contributed by atoms with Crippen LogP contribution in [0.1, 0.15) is 31.7 Å². The van der Waals surface area contributed by atoms with Gasteiger partial charge >= 0.3 is 0 Å². The summed E-state index contributed by atoms with van der Waals surface area (Å²) in [7, 11) is 0. The van der Waals surface area contributed by atoms with Gasteiger partial charge < -0.3 is 15.3 Å². The lowest BCUT2D eigenvalue weighted by molar-refractivity contribution is 0.266. The van der Waals surface area contributed by atoms with Crippen molar-refractivity contribution in [3.05, 3.63) is 28.8 Å². The van der Waals surface area contributed by atoms with Gasteiger partial charge in [0.05, 0.1) is 12.6 Å². The molecule has 1 saturated heterocycles. The summed E-state index contributed by atoms with van der Waals surface area (Å²) in [4.78, 5) is 2.30. The summed E-state index contributed by atoms with van der Waals surface area (Å²) in [6, 6.07) is 6.30. The lowest BCUT2D eigenvalue weighted by Gasteiger charge is -2.28. The van der Waals surface area contributed by atoms with E-state index in [2.05, 4.69) is 23.2 Å². The summed E-state index contributed by atoms with van der Waals surface area (Å²) >= 11 is 6.14. The molecule has 19 heavy (non-hydrogen) atoms. The molecular weight excluding hydrogens is 260 g/mol. The van der Waals surface area contributed by atoms with E-state index < -0.39 is 0 Å². The third-order valence-corrected chi connectivity index (χ3v) is 3.92. The van der Waals surface area contributed by atoms with Crippen molar-refractivity contribution in [3.63, 3.8) is 0 Å². The second kappa shape index (κ2) is 7.13. The normalized spacial score (nSPS) is 19.1. The lowest BCUT2D eigenvalue weighted by atomic mass is 10.1. The number of nitrogens with one attached hydrogen (secondary N) is 1. The first kappa shape index (κ1) is 14.6. The van der Waals surface area contributed by atoms with Crippen LogP contribution in [0.15, 0.2) is 18.2 Å². The predicted molar refractivity (Wildman–Crippen MR) is 80.9 cm³/mol. The molecule has 0 radical (unpaired) electrons. The standard InChI is InChI=1S/C15H23ClN2O/c1-2-7-17-10-12-5-6-13(16)9-15(12)18-8-3-4-14(18)11-19/h5-6,9,14,17,19H,2-4,7-8,10-11H2,1H3. The van der Waals surface area contributed by atoms with Crippen molar-refractivity contribution < 1.29 is 5.11 Å². The van der Waals surface area contributed by atoms with Crippen LogP contribution in [0.25, 0.3) is 0 Å². The van der Waals surface area contributed by atoms with Gasteiger partial charge in [-0.2, -0.15) is 0 Å². The first-order chi connectivity index (χ1) is 9.26. The Hall–Kier alpha value is -0.770. The van der Waals surface area contributed by atoms with Crippen LogP contribution < -0.4 is 10.2 Å². The van der Waals surface area contributed by atoms with Gasteiger partial charge in [0.15, 0.2) is 0 Å². The number of anilines is 1. The summed E-state index contributed by atoms with van der Waals surface area (Å²) in [5.41, 5.74) is 2.44. The fourth-order valence-electron chi connectivity index (χ4n) is 2.70. The van der Waals surface area contributed by atoms with Crippen molar-refractivity contribution in [2.24, 2.45) is 0 Å². The molecule has 2 N–H and O–H groups in total. The lowest BCUT2D eigenvalue weighted by Crippen LogP contribution is -2.33. The number of rotatable bonds is 6. The second-order valence-corrected chi connectivity index (χ2v) is 5.56. The zero-order valence-corrected chi connectivity index (χ0v) is 12.3. The molecule has 1 atom stereocenters. The van der Waals surface area contributed by atoms with Gasteiger partial charge in [-0.3, -0.25) is 0 Å². The first-order valence-electron chi connectivity index (χ1n) is 7.13. The van der Waals surface area contributed by atoms with Gasteiger partial charge in [-0.25, -0.2) is 0 Å². The molecule has 2 rings (SSSR count). The SMILES string of the molecule is CCCNCc1ccc(Cl)cc1N1CCCC1CO. The molecule has 1 aliphatic rings. The Kier molecular flexibility index (Phi) is 5.49. The molecule has 0 aliphatic carbocycles. The van der Waals surface area contributed by atoms with Crippen molar-refractivity contribution >= 4 is 17.3 Å². The average molecular weight is 283 g/mol. The number of hydrogen-bond donors (Lipinski definition) is 2. The van der Waals surface area contributed by atoms with Crippen LogP contribution in [0.4, 0.5) is 5.69 Å². The smallest absolute Gasteiger partial charge is 0.0635 e. The molecule has 1 aromatic rings. The number of aliphatic hydroxyl groups excluding tert-OH is 1. The Morgan fingerprint density at radius 3 is 3.05 bits per heavy atom. The quantitative estimate of drug-likeness (QED) is 0.788. The highest BCUT2D eigenvalue weighted by atomic mass is 35.5. The maximum atomic E-state index is 9.48. The Bertz CT molecular complexity index is 411. The second-order valence-electron chi connectivity index (χ2n) is 5.12. The van der Waals surface area contributed by atoms with Gasteiger partial charge in [-0.15, -0.1) is 0 Å². The minimum absolute atomic E-state index is 0.217. The summed E-state index contributed by atoms with van der Waals surface area (Å²) in [5.74, 6) is 0. The van der Waals surface area contributed by atoms with Crippen molar-refractivity contribution in [3.8, 4) is 0 Å². The van der Waals surface area contributed by atoms with E-state index in [-0.39, 0.29) is 12.6 Å². The topological polar surface area (TPSA) is 35.5 Å². The molecule has 3 nitrogen and oxygen atoms in total. The van der Waals surface area contributed by atoms with E-state index in [9.17, 15) is 5.11 Å². The Labute approximate surface area is 120 Å². The van der Waals surface area contributed by atoms with Crippen molar-refractivity contribution in [2.75, 3.05) is 24.6 Å². The highest BCUT2D eigenvalue weighted by Crippen LogP contribution is 2.31. The van der Waals surface area contributed by atoms with Crippen LogP contribution in [0.3, 0.4) is 0 Å². The number of hydrogen-bond acceptors (Lipinski definition) is 3. The van der Waals surface area contributed by atoms with E-state index in [1.54, 1.807) is 0 Å². The van der Waals surface area contributed by atoms with Crippen LogP contribution in [0.5, 0.6) is 0 Å². The molecular formula is C15H23ClN2O. The summed E-state index contributed by atoms with van der Waals surface area (Å²) in [5, 5.41) is 13.7. The molecule has 0 saturated carbocycles. The molecule has 4 heteroatoms. The molecule has 0 bridgehead atoms. The maximum absolute atomic E-state index is 9.48. The Morgan fingerprint density at radius 1 is 1.47 bits per heavy atom. The van der Waals surface area contributed by atoms with Crippen molar-refractivity contribution in [1.29, 1.82) is 0 Å². The average Bonchev–Trinajstić information content (AvgIpc) is 2.88. The number of aliphatic hydroxyl groups is 1. The zero-order valence-electron chi connectivity index (χ0n) is 11.5. The predicted octanol–water partition coefficient (Wildman–Crippen LogP) is 2.80. The fourth-order valence-corrected chi connectivity index (χ4v) is 2.86. The van der Waals surface area contributed by atoms with Gasteiger partial charge in [0.1, 0.15) is 0 Å². The van der Waals surface area contributed by atoms with Crippen LogP contribution >= 0.6 is 11.6 Å². The van der Waals surface area contributed by atoms with E-state index in [1.807, 2.05) is 12.1 Å². The van der Waals surface area contributed by atoms with Crippen molar-refractivity contribution in [1.82, 2.24) is 5.32 Å². The molecule has 1 aromatic carbocycles. The van der Waals surface area contributed by atoms with Crippen LogP contribution in [0.2, 0.25) is 5.02 Å². The summed E-state index contributed by atoms with van der Waals surface area (Å²) in [6.45, 7) is 5.26. The minimum Gasteiger partial charge on any atom is -0.394 e. The van der Waals surface area contributed by atoms with Crippen molar-refractivity contribution in [2.45, 2.75) is 38.8 Å². The molecule has 0 aromatic heterocycles. The summed E-state index contributed by atoms with van der Waals surface area (Å²) < 4.78 is 0.